The maximum Gasteiger partial charge on any atom is 0.303 e. The number of para-hydroxylation sites is 1. The first-order valence-corrected chi connectivity index (χ1v) is 8.97. The molecule has 3 rings (SSSR count). The lowest BCUT2D eigenvalue weighted by atomic mass is 10.1. The van der Waals surface area contributed by atoms with Gasteiger partial charge in [-0.3, -0.25) is 4.79 Å². The molecule has 0 fully saturated rings. The lowest BCUT2D eigenvalue weighted by molar-refractivity contribution is -0.136. The van der Waals surface area contributed by atoms with Gasteiger partial charge in [-0.05, 0) is 60.4 Å². The number of rotatable bonds is 8. The molecule has 0 aliphatic rings. The maximum atomic E-state index is 14.2. The van der Waals surface area contributed by atoms with Crippen LogP contribution in [0.15, 0.2) is 66.7 Å². The van der Waals surface area contributed by atoms with E-state index in [2.05, 4.69) is 0 Å². The molecular weight excluding hydrogens is 359 g/mol. The molecule has 3 aromatic carbocycles. The summed E-state index contributed by atoms with van der Waals surface area (Å²) < 4.78 is 25.7. The highest BCUT2D eigenvalue weighted by Crippen LogP contribution is 2.26. The third kappa shape index (κ3) is 5.33. The Balaban J connectivity index is 1.63. The van der Waals surface area contributed by atoms with Crippen LogP contribution in [0.4, 0.5) is 4.39 Å². The predicted molar refractivity (Wildman–Crippen MR) is 104 cm³/mol. The lowest BCUT2D eigenvalue weighted by Gasteiger charge is -2.11. The molecule has 0 amide bonds. The standard InChI is InChI=1S/C23H21FO4/c1-16-5-2-3-8-21(16)28-19-7-4-6-18(13-19)15-27-22-11-9-17(14-20(22)24)10-12-23(25)26/h2-9,11,13-14H,10,12,15H2,1H3,(H,25,26). The Hall–Kier alpha value is -3.34. The zero-order valence-corrected chi connectivity index (χ0v) is 15.5. The van der Waals surface area contributed by atoms with Crippen molar-refractivity contribution >= 4 is 5.97 Å². The summed E-state index contributed by atoms with van der Waals surface area (Å²) in [5, 5.41) is 8.71. The largest absolute Gasteiger partial charge is 0.486 e. The average molecular weight is 380 g/mol. The molecule has 28 heavy (non-hydrogen) atoms. The molecule has 0 bridgehead atoms. The summed E-state index contributed by atoms with van der Waals surface area (Å²) >= 11 is 0. The first-order chi connectivity index (χ1) is 13.5. The summed E-state index contributed by atoms with van der Waals surface area (Å²) in [4.78, 5) is 10.6. The van der Waals surface area contributed by atoms with Crippen LogP contribution < -0.4 is 9.47 Å². The number of hydrogen-bond donors (Lipinski definition) is 1. The molecule has 0 heterocycles. The molecule has 144 valence electrons. The lowest BCUT2D eigenvalue weighted by Crippen LogP contribution is -2.00. The van der Waals surface area contributed by atoms with E-state index in [1.54, 1.807) is 6.07 Å². The van der Waals surface area contributed by atoms with Gasteiger partial charge in [-0.1, -0.05) is 36.4 Å². The van der Waals surface area contributed by atoms with E-state index in [0.717, 1.165) is 16.9 Å². The number of ether oxygens (including phenoxy) is 2. The minimum absolute atomic E-state index is 0.0344. The van der Waals surface area contributed by atoms with Gasteiger partial charge in [0.1, 0.15) is 18.1 Å². The van der Waals surface area contributed by atoms with Gasteiger partial charge in [0.2, 0.25) is 0 Å². The molecule has 0 unspecified atom stereocenters. The van der Waals surface area contributed by atoms with E-state index in [-0.39, 0.29) is 25.2 Å². The molecule has 0 saturated carbocycles. The topological polar surface area (TPSA) is 55.8 Å². The molecule has 0 saturated heterocycles. The number of carbonyl (C=O) groups is 1. The highest BCUT2D eigenvalue weighted by Gasteiger charge is 2.08. The van der Waals surface area contributed by atoms with E-state index >= 15 is 0 Å². The van der Waals surface area contributed by atoms with Gasteiger partial charge in [0, 0.05) is 6.42 Å². The summed E-state index contributed by atoms with van der Waals surface area (Å²) in [6, 6.07) is 19.7. The number of hydrogen-bond acceptors (Lipinski definition) is 3. The first kappa shape index (κ1) is 19.4. The Bertz CT molecular complexity index is 968. The fourth-order valence-electron chi connectivity index (χ4n) is 2.73. The molecule has 0 radical (unpaired) electrons. The second-order valence-corrected chi connectivity index (χ2v) is 6.46. The van der Waals surface area contributed by atoms with Crippen molar-refractivity contribution in [2.75, 3.05) is 0 Å². The normalized spacial score (nSPS) is 10.5. The summed E-state index contributed by atoms with van der Waals surface area (Å²) in [6.07, 6.45) is 0.248. The van der Waals surface area contributed by atoms with Crippen LogP contribution in [-0.4, -0.2) is 11.1 Å². The Morgan fingerprint density at radius 2 is 1.79 bits per heavy atom. The van der Waals surface area contributed by atoms with Gasteiger partial charge in [0.05, 0.1) is 0 Å². The number of carboxylic acids is 1. The molecule has 0 atom stereocenters. The van der Waals surface area contributed by atoms with Crippen molar-refractivity contribution in [1.29, 1.82) is 0 Å². The summed E-state index contributed by atoms with van der Waals surface area (Å²) in [5.74, 6) is 0.177. The molecule has 0 aliphatic heterocycles. The number of halogens is 1. The van der Waals surface area contributed by atoms with Crippen LogP contribution in [0.25, 0.3) is 0 Å². The molecule has 0 spiro atoms. The van der Waals surface area contributed by atoms with Gasteiger partial charge in [0.25, 0.3) is 0 Å². The summed E-state index contributed by atoms with van der Waals surface area (Å²) in [5.41, 5.74) is 2.51. The van der Waals surface area contributed by atoms with Crippen LogP contribution >= 0.6 is 0 Å². The quantitative estimate of drug-likeness (QED) is 0.559. The second kappa shape index (κ2) is 9.04. The second-order valence-electron chi connectivity index (χ2n) is 6.46. The van der Waals surface area contributed by atoms with Crippen molar-refractivity contribution in [3.05, 3.63) is 89.2 Å². The van der Waals surface area contributed by atoms with Crippen LogP contribution in [0.3, 0.4) is 0 Å². The smallest absolute Gasteiger partial charge is 0.303 e. The Morgan fingerprint density at radius 1 is 0.964 bits per heavy atom. The number of carboxylic acid groups (broad SMARTS) is 1. The van der Waals surface area contributed by atoms with Gasteiger partial charge in [-0.2, -0.15) is 0 Å². The van der Waals surface area contributed by atoms with E-state index in [9.17, 15) is 9.18 Å². The van der Waals surface area contributed by atoms with Crippen molar-refractivity contribution in [3.63, 3.8) is 0 Å². The van der Waals surface area contributed by atoms with Crippen LogP contribution in [-0.2, 0) is 17.8 Å². The van der Waals surface area contributed by atoms with Crippen molar-refractivity contribution in [2.24, 2.45) is 0 Å². The monoisotopic (exact) mass is 380 g/mol. The molecule has 5 heteroatoms. The fourth-order valence-corrected chi connectivity index (χ4v) is 2.73. The summed E-state index contributed by atoms with van der Waals surface area (Å²) in [6.45, 7) is 2.17. The SMILES string of the molecule is Cc1ccccc1Oc1cccc(COc2ccc(CCC(=O)O)cc2F)c1. The van der Waals surface area contributed by atoms with E-state index in [1.807, 2.05) is 55.5 Å². The van der Waals surface area contributed by atoms with Gasteiger partial charge in [-0.25, -0.2) is 4.39 Å². The fraction of sp³-hybridized carbons (Fsp3) is 0.174. The van der Waals surface area contributed by atoms with Crippen molar-refractivity contribution in [3.8, 4) is 17.2 Å². The predicted octanol–water partition coefficient (Wildman–Crippen LogP) is 5.52. The minimum Gasteiger partial charge on any atom is -0.486 e. The third-order valence-electron chi connectivity index (χ3n) is 4.24. The van der Waals surface area contributed by atoms with Crippen LogP contribution in [0, 0.1) is 12.7 Å². The van der Waals surface area contributed by atoms with E-state index in [4.69, 9.17) is 14.6 Å². The van der Waals surface area contributed by atoms with Crippen LogP contribution in [0.1, 0.15) is 23.1 Å². The number of benzene rings is 3. The number of aliphatic carboxylic acids is 1. The zero-order valence-electron chi connectivity index (χ0n) is 15.5. The minimum atomic E-state index is -0.909. The van der Waals surface area contributed by atoms with Crippen molar-refractivity contribution in [2.45, 2.75) is 26.4 Å². The van der Waals surface area contributed by atoms with Gasteiger partial charge in [-0.15, -0.1) is 0 Å². The zero-order chi connectivity index (χ0) is 19.9. The Kier molecular flexibility index (Phi) is 6.27. The molecule has 0 aromatic heterocycles. The maximum absolute atomic E-state index is 14.2. The highest BCUT2D eigenvalue weighted by molar-refractivity contribution is 5.67. The molecular formula is C23H21FO4. The van der Waals surface area contributed by atoms with E-state index in [1.165, 1.54) is 12.1 Å². The average Bonchev–Trinajstić information content (AvgIpc) is 2.68. The number of aryl methyl sites for hydroxylation is 2. The Morgan fingerprint density at radius 3 is 2.54 bits per heavy atom. The summed E-state index contributed by atoms with van der Waals surface area (Å²) in [7, 11) is 0. The molecule has 3 aromatic rings. The third-order valence-corrected chi connectivity index (χ3v) is 4.24. The van der Waals surface area contributed by atoms with Gasteiger partial charge in [0.15, 0.2) is 11.6 Å². The van der Waals surface area contributed by atoms with E-state index in [0.29, 0.717) is 11.3 Å². The first-order valence-electron chi connectivity index (χ1n) is 8.97. The van der Waals surface area contributed by atoms with Gasteiger partial charge >= 0.3 is 5.97 Å². The highest BCUT2D eigenvalue weighted by atomic mass is 19.1. The molecule has 4 nitrogen and oxygen atoms in total. The van der Waals surface area contributed by atoms with E-state index < -0.39 is 11.8 Å². The molecule has 0 aliphatic carbocycles. The van der Waals surface area contributed by atoms with Gasteiger partial charge < -0.3 is 14.6 Å². The van der Waals surface area contributed by atoms with Crippen molar-refractivity contribution in [1.82, 2.24) is 0 Å². The molecule has 1 N–H and O–H groups in total. The Labute approximate surface area is 163 Å². The van der Waals surface area contributed by atoms with Crippen LogP contribution in [0.2, 0.25) is 0 Å². The van der Waals surface area contributed by atoms with Crippen molar-refractivity contribution < 1.29 is 23.8 Å². The van der Waals surface area contributed by atoms with Crippen LogP contribution in [0.5, 0.6) is 17.2 Å².